The molecule has 1 fully saturated rings. The Balaban J connectivity index is 0.00000276. The van der Waals surface area contributed by atoms with Gasteiger partial charge in [-0.25, -0.2) is 9.97 Å². The molecule has 0 radical (unpaired) electrons. The second-order valence-electron chi connectivity index (χ2n) is 11.7. The molecule has 210 valence electrons. The van der Waals surface area contributed by atoms with Gasteiger partial charge in [0.05, 0.1) is 41.7 Å². The molecule has 3 aliphatic heterocycles. The third kappa shape index (κ3) is 4.13. The molecule has 9 nitrogen and oxygen atoms in total. The molecule has 0 saturated carbocycles. The van der Waals surface area contributed by atoms with Crippen LogP contribution in [0, 0.1) is 5.41 Å². The monoisotopic (exact) mass is 547 g/mol. The van der Waals surface area contributed by atoms with Gasteiger partial charge >= 0.3 is 0 Å². The Morgan fingerprint density at radius 1 is 0.976 bits per heavy atom. The zero-order valence-corrected chi connectivity index (χ0v) is 22.8. The highest BCUT2D eigenvalue weighted by Gasteiger charge is 2.46. The van der Waals surface area contributed by atoms with Crippen molar-refractivity contribution < 1.29 is 0 Å². The van der Waals surface area contributed by atoms with Gasteiger partial charge in [0.2, 0.25) is 0 Å². The van der Waals surface area contributed by atoms with Gasteiger partial charge in [-0.15, -0.1) is 0 Å². The molecule has 8 rings (SSSR count). The number of piperidine rings is 1. The van der Waals surface area contributed by atoms with Gasteiger partial charge in [-0.05, 0) is 60.8 Å². The maximum atomic E-state index is 6.80. The Kier molecular flexibility index (Phi) is 6.15. The average molecular weight is 548 g/mol. The summed E-state index contributed by atoms with van der Waals surface area (Å²) in [5, 5.41) is 4.30. The number of amidine groups is 1. The summed E-state index contributed by atoms with van der Waals surface area (Å²) < 4.78 is 1.81. The fourth-order valence-corrected chi connectivity index (χ4v) is 7.17. The molecule has 0 amide bonds. The minimum Gasteiger partial charge on any atom is -0.355 e. The van der Waals surface area contributed by atoms with Gasteiger partial charge < -0.3 is 15.5 Å². The van der Waals surface area contributed by atoms with Crippen LogP contribution in [-0.2, 0) is 26.4 Å². The van der Waals surface area contributed by atoms with Gasteiger partial charge in [0, 0.05) is 44.5 Å². The highest BCUT2D eigenvalue weighted by atomic mass is 15.3. The average Bonchev–Trinajstić information content (AvgIpc) is 3.69. The van der Waals surface area contributed by atoms with Crippen molar-refractivity contribution in [2.24, 2.45) is 23.2 Å². The second kappa shape index (κ2) is 9.76. The van der Waals surface area contributed by atoms with Crippen LogP contribution in [-0.4, -0.2) is 50.2 Å². The molecular weight excluding hydrogens is 510 g/mol. The Labute approximate surface area is 241 Å². The smallest absolute Gasteiger partial charge is 0.156 e. The number of hydrogen-bond acceptors (Lipinski definition) is 8. The maximum absolute atomic E-state index is 6.80. The molecular formula is C32H37N9. The number of hydrogen-bond donors (Lipinski definition) is 1. The molecule has 2 N–H and O–H groups in total. The standard InChI is InChI=1S/C31H33N9.CH4/c1-38-19-21(16-35-38)23-8-9-26-24(36-23)7-4-12-40(26)30-28-25(17-34-30)37-27(18-33-28)39-13-10-31(11-14-39)15-20-5-2-3-6-22(20)29(31)32;/h2-3,5-6,8-9,16,18-19,29H,4,7,10-15,17,32H2,1H3;1H4/t29-;/m0./s1. The molecule has 0 unspecified atom stereocenters. The first kappa shape index (κ1) is 25.8. The maximum Gasteiger partial charge on any atom is 0.156 e. The van der Waals surface area contributed by atoms with Crippen molar-refractivity contribution in [3.63, 3.8) is 0 Å². The fourth-order valence-electron chi connectivity index (χ4n) is 7.17. The van der Waals surface area contributed by atoms with E-state index in [0.29, 0.717) is 6.54 Å². The molecule has 1 saturated heterocycles. The van der Waals surface area contributed by atoms with E-state index in [1.807, 2.05) is 30.3 Å². The van der Waals surface area contributed by atoms with Gasteiger partial charge in [-0.1, -0.05) is 31.7 Å². The SMILES string of the molecule is C.Cn1cc(-c2ccc3c(n2)CCCN3C2=NCc3nc(N4CCC5(CC4)Cc4ccccc4[C@@H]5N)cnc32)cn1. The van der Waals surface area contributed by atoms with Crippen molar-refractivity contribution in [1.29, 1.82) is 0 Å². The van der Waals surface area contributed by atoms with E-state index in [1.165, 1.54) is 11.1 Å². The van der Waals surface area contributed by atoms with Gasteiger partial charge in [0.25, 0.3) is 0 Å². The van der Waals surface area contributed by atoms with Crippen LogP contribution < -0.4 is 15.5 Å². The van der Waals surface area contributed by atoms with Crippen molar-refractivity contribution in [3.8, 4) is 11.3 Å². The summed E-state index contributed by atoms with van der Waals surface area (Å²) in [6.07, 6.45) is 11.0. The van der Waals surface area contributed by atoms with E-state index in [4.69, 9.17) is 25.7 Å². The predicted octanol–water partition coefficient (Wildman–Crippen LogP) is 4.46. The zero-order chi connectivity index (χ0) is 26.8. The number of benzene rings is 1. The molecule has 6 heterocycles. The molecule has 4 aliphatic rings. The summed E-state index contributed by atoms with van der Waals surface area (Å²) >= 11 is 0. The lowest BCUT2D eigenvalue weighted by atomic mass is 9.73. The molecule has 3 aromatic heterocycles. The van der Waals surface area contributed by atoms with E-state index >= 15 is 0 Å². The van der Waals surface area contributed by atoms with E-state index in [0.717, 1.165) is 97.4 Å². The molecule has 1 atom stereocenters. The van der Waals surface area contributed by atoms with Crippen LogP contribution in [0.25, 0.3) is 11.3 Å². The van der Waals surface area contributed by atoms with E-state index in [1.54, 1.807) is 0 Å². The third-order valence-corrected chi connectivity index (χ3v) is 9.39. The molecule has 1 spiro atoms. The summed E-state index contributed by atoms with van der Waals surface area (Å²) in [5.74, 6) is 1.87. The highest BCUT2D eigenvalue weighted by molar-refractivity contribution is 6.11. The van der Waals surface area contributed by atoms with Crippen LogP contribution in [0.2, 0.25) is 0 Å². The molecule has 1 aliphatic carbocycles. The highest BCUT2D eigenvalue weighted by Crippen LogP contribution is 2.51. The number of anilines is 2. The Bertz CT molecular complexity index is 1650. The number of rotatable bonds is 2. The number of nitrogens with zero attached hydrogens (tertiary/aromatic N) is 8. The summed E-state index contributed by atoms with van der Waals surface area (Å²) in [5.41, 5.74) is 15.8. The van der Waals surface area contributed by atoms with Crippen molar-refractivity contribution in [2.75, 3.05) is 29.4 Å². The number of pyridine rings is 1. The van der Waals surface area contributed by atoms with Gasteiger partial charge in [-0.3, -0.25) is 14.7 Å². The van der Waals surface area contributed by atoms with E-state index < -0.39 is 0 Å². The number of nitrogens with two attached hydrogens (primary N) is 1. The first-order valence-corrected chi connectivity index (χ1v) is 14.3. The van der Waals surface area contributed by atoms with Crippen LogP contribution in [0.1, 0.15) is 60.9 Å². The molecule has 1 aromatic carbocycles. The fraction of sp³-hybridized carbons (Fsp3) is 0.406. The molecule has 9 heteroatoms. The molecule has 4 aromatic rings. The minimum atomic E-state index is 0. The van der Waals surface area contributed by atoms with E-state index in [2.05, 4.69) is 51.3 Å². The lowest BCUT2D eigenvalue weighted by Gasteiger charge is -2.42. The van der Waals surface area contributed by atoms with Crippen molar-refractivity contribution in [1.82, 2.24) is 24.7 Å². The number of aliphatic imine (C=N–C) groups is 1. The summed E-state index contributed by atoms with van der Waals surface area (Å²) in [4.78, 5) is 24.6. The van der Waals surface area contributed by atoms with Crippen LogP contribution in [0.4, 0.5) is 11.5 Å². The van der Waals surface area contributed by atoms with Crippen LogP contribution in [0.5, 0.6) is 0 Å². The Morgan fingerprint density at radius 2 is 1.83 bits per heavy atom. The largest absolute Gasteiger partial charge is 0.355 e. The first-order chi connectivity index (χ1) is 19.6. The summed E-state index contributed by atoms with van der Waals surface area (Å²) in [7, 11) is 1.93. The predicted molar refractivity (Wildman–Crippen MR) is 162 cm³/mol. The Hall–Kier alpha value is -4.11. The summed E-state index contributed by atoms with van der Waals surface area (Å²) in [6, 6.07) is 13.1. The minimum absolute atomic E-state index is 0. The quantitative estimate of drug-likeness (QED) is 0.395. The van der Waals surface area contributed by atoms with Crippen molar-refractivity contribution in [3.05, 3.63) is 83.2 Å². The topological polar surface area (TPSA) is 101 Å². The molecule has 41 heavy (non-hydrogen) atoms. The zero-order valence-electron chi connectivity index (χ0n) is 22.8. The van der Waals surface area contributed by atoms with Crippen LogP contribution in [0.15, 0.2) is 60.0 Å². The Morgan fingerprint density at radius 3 is 2.63 bits per heavy atom. The molecule has 0 bridgehead atoms. The van der Waals surface area contributed by atoms with Crippen LogP contribution in [0.3, 0.4) is 0 Å². The van der Waals surface area contributed by atoms with Crippen molar-refractivity contribution >= 4 is 17.3 Å². The van der Waals surface area contributed by atoms with Crippen molar-refractivity contribution in [2.45, 2.75) is 52.1 Å². The summed E-state index contributed by atoms with van der Waals surface area (Å²) in [6.45, 7) is 3.37. The first-order valence-electron chi connectivity index (χ1n) is 14.3. The normalized spacial score (nSPS) is 20.3. The number of aryl methyl sites for hydroxylation is 2. The van der Waals surface area contributed by atoms with E-state index in [-0.39, 0.29) is 18.9 Å². The number of aromatic nitrogens is 5. The van der Waals surface area contributed by atoms with Gasteiger partial charge in [0.1, 0.15) is 11.5 Å². The van der Waals surface area contributed by atoms with Gasteiger partial charge in [-0.2, -0.15) is 5.10 Å². The second-order valence-corrected chi connectivity index (χ2v) is 11.7. The lowest BCUT2D eigenvalue weighted by Crippen LogP contribution is -2.44. The third-order valence-electron chi connectivity index (χ3n) is 9.39. The number of fused-ring (bicyclic) bond motifs is 3. The van der Waals surface area contributed by atoms with E-state index in [9.17, 15) is 0 Å². The lowest BCUT2D eigenvalue weighted by molar-refractivity contribution is 0.187. The van der Waals surface area contributed by atoms with Crippen LogP contribution >= 0.6 is 0 Å². The van der Waals surface area contributed by atoms with Gasteiger partial charge in [0.15, 0.2) is 5.84 Å².